The van der Waals surface area contributed by atoms with Crippen LogP contribution in [0, 0.1) is 18.8 Å². The molecule has 6 nitrogen and oxygen atoms in total. The van der Waals surface area contributed by atoms with Crippen molar-refractivity contribution in [3.05, 3.63) is 218 Å². The summed E-state index contributed by atoms with van der Waals surface area (Å²) in [4.78, 5) is 9.56. The molecule has 0 amide bonds. The Labute approximate surface area is 443 Å². The zero-order valence-corrected chi connectivity index (χ0v) is 45.1. The van der Waals surface area contributed by atoms with Crippen molar-refractivity contribution in [1.29, 1.82) is 0 Å². The molecule has 0 radical (unpaired) electrons. The minimum absolute atomic E-state index is 0. The molecule has 4 heterocycles. The van der Waals surface area contributed by atoms with Crippen molar-refractivity contribution in [2.45, 2.75) is 78.6 Å². The number of ether oxygens (including phenoxy) is 1. The second-order valence-electron chi connectivity index (χ2n) is 22.3. The number of para-hydroxylation sites is 2. The van der Waals surface area contributed by atoms with Crippen LogP contribution in [0.3, 0.4) is 0 Å². The fourth-order valence-corrected chi connectivity index (χ4v) is 10.3. The number of nitrogens with zero attached hydrogens (tertiary/aromatic N) is 5. The van der Waals surface area contributed by atoms with Gasteiger partial charge in [0.1, 0.15) is 5.82 Å². The van der Waals surface area contributed by atoms with Gasteiger partial charge in [-0.05, 0) is 116 Å². The average molecular weight is 1130 g/mol. The Morgan fingerprint density at radius 2 is 1.08 bits per heavy atom. The van der Waals surface area contributed by atoms with Crippen LogP contribution in [0.25, 0.3) is 66.2 Å². The van der Waals surface area contributed by atoms with Gasteiger partial charge in [0.2, 0.25) is 0 Å². The number of hydrogen-bond acceptors (Lipinski definition) is 4. The van der Waals surface area contributed by atoms with E-state index in [0.717, 1.165) is 61.6 Å². The van der Waals surface area contributed by atoms with Gasteiger partial charge in [0.05, 0.1) is 11.0 Å². The van der Waals surface area contributed by atoms with E-state index in [2.05, 4.69) is 258 Å². The molecule has 8 aromatic carbocycles. The molecule has 0 fully saturated rings. The van der Waals surface area contributed by atoms with E-state index >= 15 is 0 Å². The first-order chi connectivity index (χ1) is 34.6. The number of rotatable bonds is 7. The Kier molecular flexibility index (Phi) is 11.8. The van der Waals surface area contributed by atoms with Crippen molar-refractivity contribution in [2.75, 3.05) is 9.80 Å². The molecule has 7 heteroatoms. The molecule has 0 aliphatic carbocycles. The molecule has 0 atom stereocenters. The van der Waals surface area contributed by atoms with Crippen molar-refractivity contribution in [2.24, 2.45) is 0 Å². The van der Waals surface area contributed by atoms with Gasteiger partial charge in [0.15, 0.2) is 0 Å². The summed E-state index contributed by atoms with van der Waals surface area (Å²) in [6.07, 6.45) is 1.92. The summed E-state index contributed by atoms with van der Waals surface area (Å²) in [6, 6.07) is 70.5. The van der Waals surface area contributed by atoms with E-state index in [1.165, 1.54) is 44.1 Å². The SMILES string of the molecule is CC(C)(C)c1cc(N2[CH-]N(c3[c-]c(Oc4[c-]c5c(cc4)c4cc(-n6c7ccccc7c7ccccc76)ccc4n5-c4cc(C(C)(C)C)ccn4)ccc3)c3ccc(-c4ccccc4)cc32)cc(C(C)(C)C)c1.[Pt]. The third-order valence-electron chi connectivity index (χ3n) is 14.3. The fourth-order valence-electron chi connectivity index (χ4n) is 10.3. The maximum Gasteiger partial charge on any atom is 0.135 e. The first-order valence-corrected chi connectivity index (χ1v) is 25.0. The Balaban J connectivity index is 0.00000574. The van der Waals surface area contributed by atoms with Gasteiger partial charge >= 0.3 is 0 Å². The van der Waals surface area contributed by atoms with Crippen LogP contribution in [0.1, 0.15) is 79.0 Å². The maximum atomic E-state index is 6.81. The van der Waals surface area contributed by atoms with Crippen LogP contribution in [-0.2, 0) is 37.3 Å². The molecule has 0 saturated carbocycles. The molecule has 12 rings (SSSR count). The van der Waals surface area contributed by atoms with E-state index in [0.29, 0.717) is 11.5 Å². The third kappa shape index (κ3) is 8.60. The summed E-state index contributed by atoms with van der Waals surface area (Å²) in [5, 5.41) is 4.63. The van der Waals surface area contributed by atoms with E-state index < -0.39 is 0 Å². The van der Waals surface area contributed by atoms with Crippen molar-refractivity contribution in [3.8, 4) is 34.1 Å². The van der Waals surface area contributed by atoms with E-state index in [1.54, 1.807) is 0 Å². The van der Waals surface area contributed by atoms with Gasteiger partial charge in [0, 0.05) is 77.8 Å². The van der Waals surface area contributed by atoms with Gasteiger partial charge in [-0.3, -0.25) is 0 Å². The summed E-state index contributed by atoms with van der Waals surface area (Å²) in [5.41, 5.74) is 15.5. The zero-order valence-electron chi connectivity index (χ0n) is 42.9. The third-order valence-corrected chi connectivity index (χ3v) is 14.3. The molecule has 3 aromatic heterocycles. The smallest absolute Gasteiger partial charge is 0.135 e. The van der Waals surface area contributed by atoms with Crippen LogP contribution in [0.5, 0.6) is 11.5 Å². The number of aromatic nitrogens is 3. The monoisotopic (exact) mass is 1130 g/mol. The van der Waals surface area contributed by atoms with Crippen LogP contribution >= 0.6 is 0 Å². The Morgan fingerprint density at radius 1 is 0.438 bits per heavy atom. The summed E-state index contributed by atoms with van der Waals surface area (Å²) < 4.78 is 11.4. The quantitative estimate of drug-likeness (QED) is 0.149. The number of pyridine rings is 1. The molecule has 1 aliphatic heterocycles. The first kappa shape index (κ1) is 47.9. The number of fused-ring (bicyclic) bond motifs is 7. The number of hydrogen-bond donors (Lipinski definition) is 0. The van der Waals surface area contributed by atoms with Crippen molar-refractivity contribution < 1.29 is 25.8 Å². The predicted molar refractivity (Wildman–Crippen MR) is 300 cm³/mol. The second-order valence-corrected chi connectivity index (χ2v) is 22.3. The largest absolute Gasteiger partial charge is 0.509 e. The summed E-state index contributed by atoms with van der Waals surface area (Å²) in [5.74, 6) is 2.01. The molecule has 0 spiro atoms. The summed E-state index contributed by atoms with van der Waals surface area (Å²) >= 11 is 0. The van der Waals surface area contributed by atoms with Gasteiger partial charge < -0.3 is 23.7 Å². The molecule has 0 bridgehead atoms. The molecule has 1 aliphatic rings. The standard InChI is InChI=1S/C66H58N5O.Pt/c1-64(2,3)45-32-33-67-63(38-45)71-59-31-27-49(70-57-24-15-13-22-53(57)54-23-14-16-25-58(54)70)40-56(59)55-29-28-52(41-61(55)71)72-51-21-17-20-48(39-51)68-42-69(50-36-46(65(4,5)6)35-47(37-50)66(7,8)9)62-34-44(26-30-60(62)68)43-18-11-10-12-19-43;/h10-38,40,42H,1-9H3;/q-3;. The average Bonchev–Trinajstić information content (AvgIpc) is 4.03. The molecule has 11 aromatic rings. The molecular formula is C66H58N5OPt-3. The summed E-state index contributed by atoms with van der Waals surface area (Å²) in [6.45, 7) is 22.7. The topological polar surface area (TPSA) is 38.5 Å². The van der Waals surface area contributed by atoms with E-state index in [-0.39, 0.29) is 37.3 Å². The Hall–Kier alpha value is -7.40. The van der Waals surface area contributed by atoms with Gasteiger partial charge in [-0.2, -0.15) is 12.1 Å². The predicted octanol–water partition coefficient (Wildman–Crippen LogP) is 17.6. The van der Waals surface area contributed by atoms with Crippen molar-refractivity contribution >= 4 is 66.4 Å². The molecule has 0 N–H and O–H groups in total. The number of benzene rings is 8. The van der Waals surface area contributed by atoms with E-state index in [4.69, 9.17) is 9.72 Å². The van der Waals surface area contributed by atoms with Crippen molar-refractivity contribution in [1.82, 2.24) is 14.1 Å². The fraction of sp³-hybridized carbons (Fsp3) is 0.182. The zero-order chi connectivity index (χ0) is 49.7. The van der Waals surface area contributed by atoms with Gasteiger partial charge in [-0.15, -0.1) is 48.1 Å². The van der Waals surface area contributed by atoms with E-state index in [9.17, 15) is 0 Å². The minimum atomic E-state index is -0.0701. The van der Waals surface area contributed by atoms with E-state index in [1.807, 2.05) is 24.4 Å². The van der Waals surface area contributed by atoms with Crippen LogP contribution < -0.4 is 14.5 Å². The summed E-state index contributed by atoms with van der Waals surface area (Å²) in [7, 11) is 0. The molecular weight excluding hydrogens is 1070 g/mol. The molecule has 73 heavy (non-hydrogen) atoms. The van der Waals surface area contributed by atoms with Gasteiger partial charge in [-0.25, -0.2) is 4.98 Å². The van der Waals surface area contributed by atoms with Gasteiger partial charge in [0.25, 0.3) is 0 Å². The molecule has 366 valence electrons. The van der Waals surface area contributed by atoms with Crippen LogP contribution in [0.2, 0.25) is 0 Å². The second kappa shape index (κ2) is 18.0. The van der Waals surface area contributed by atoms with Crippen molar-refractivity contribution in [3.63, 3.8) is 0 Å². The Bertz CT molecular complexity index is 3820. The first-order valence-electron chi connectivity index (χ1n) is 25.0. The van der Waals surface area contributed by atoms with Crippen LogP contribution in [-0.4, -0.2) is 14.1 Å². The Morgan fingerprint density at radius 3 is 1.77 bits per heavy atom. The van der Waals surface area contributed by atoms with Crippen LogP contribution in [0.15, 0.2) is 182 Å². The minimum Gasteiger partial charge on any atom is -0.509 e. The normalized spacial score (nSPS) is 13.1. The molecule has 0 saturated heterocycles. The molecule has 0 unspecified atom stereocenters. The van der Waals surface area contributed by atoms with Gasteiger partial charge in [-0.1, -0.05) is 147 Å². The maximum absolute atomic E-state index is 6.81. The van der Waals surface area contributed by atoms with Crippen LogP contribution in [0.4, 0.5) is 22.7 Å². The number of anilines is 4.